The molecule has 0 amide bonds. The predicted molar refractivity (Wildman–Crippen MR) is 55.9 cm³/mol. The summed E-state index contributed by atoms with van der Waals surface area (Å²) in [6.07, 6.45) is 0. The number of fused-ring (bicyclic) bond motifs is 1. The SMILES string of the molecule is CCOc1nc(Cl)nn2c(OC=O)ccc12. The molecule has 0 bridgehead atoms. The summed E-state index contributed by atoms with van der Waals surface area (Å²) < 4.78 is 11.4. The first kappa shape index (κ1) is 10.7. The zero-order valence-corrected chi connectivity index (χ0v) is 9.14. The Bertz CT molecular complexity index is 526. The molecule has 0 atom stereocenters. The number of carbonyl (C=O) groups excluding carboxylic acids is 1. The molecule has 2 rings (SSSR count). The number of rotatable bonds is 4. The first-order valence-corrected chi connectivity index (χ1v) is 4.92. The van der Waals surface area contributed by atoms with Gasteiger partial charge in [-0.1, -0.05) is 0 Å². The molecule has 7 heteroatoms. The van der Waals surface area contributed by atoms with Gasteiger partial charge in [0.15, 0.2) is 0 Å². The summed E-state index contributed by atoms with van der Waals surface area (Å²) in [5.41, 5.74) is 0.586. The Morgan fingerprint density at radius 2 is 2.38 bits per heavy atom. The molecule has 0 radical (unpaired) electrons. The lowest BCUT2D eigenvalue weighted by molar-refractivity contribution is -0.121. The quantitative estimate of drug-likeness (QED) is 0.756. The summed E-state index contributed by atoms with van der Waals surface area (Å²) in [5, 5.41) is 3.92. The number of carbonyl (C=O) groups is 1. The summed E-state index contributed by atoms with van der Waals surface area (Å²) in [7, 11) is 0. The van der Waals surface area contributed by atoms with E-state index in [1.165, 1.54) is 4.52 Å². The minimum absolute atomic E-state index is 0.0166. The third-order valence-electron chi connectivity index (χ3n) is 1.87. The van der Waals surface area contributed by atoms with Crippen LogP contribution in [0.3, 0.4) is 0 Å². The molecule has 0 saturated heterocycles. The number of nitrogens with zero attached hydrogens (tertiary/aromatic N) is 3. The van der Waals surface area contributed by atoms with Gasteiger partial charge in [0.2, 0.25) is 17.0 Å². The first-order chi connectivity index (χ1) is 7.76. The number of ether oxygens (including phenoxy) is 2. The van der Waals surface area contributed by atoms with Crippen molar-refractivity contribution in [3.63, 3.8) is 0 Å². The maximum absolute atomic E-state index is 10.3. The summed E-state index contributed by atoms with van der Waals surface area (Å²) >= 11 is 5.72. The number of hydrogen-bond donors (Lipinski definition) is 0. The van der Waals surface area contributed by atoms with Crippen LogP contribution in [0.25, 0.3) is 5.52 Å². The Morgan fingerprint density at radius 1 is 1.56 bits per heavy atom. The van der Waals surface area contributed by atoms with Crippen LogP contribution in [0, 0.1) is 0 Å². The minimum Gasteiger partial charge on any atom is -0.476 e. The zero-order valence-electron chi connectivity index (χ0n) is 8.38. The molecule has 2 aromatic heterocycles. The number of aromatic nitrogens is 3. The van der Waals surface area contributed by atoms with Gasteiger partial charge in [-0.2, -0.15) is 9.50 Å². The molecule has 2 aromatic rings. The number of hydrogen-bond acceptors (Lipinski definition) is 5. The standard InChI is InChI=1S/C9H8ClN3O3/c1-2-15-8-6-3-4-7(16-5-14)13(6)12-9(10)11-8/h3-5H,2H2,1H3. The Morgan fingerprint density at radius 3 is 3.06 bits per heavy atom. The first-order valence-electron chi connectivity index (χ1n) is 4.54. The van der Waals surface area contributed by atoms with Crippen molar-refractivity contribution in [3.05, 3.63) is 17.4 Å². The van der Waals surface area contributed by atoms with Crippen molar-refractivity contribution in [1.82, 2.24) is 14.6 Å². The van der Waals surface area contributed by atoms with Crippen LogP contribution >= 0.6 is 11.6 Å². The Hall–Kier alpha value is -1.82. The van der Waals surface area contributed by atoms with Gasteiger partial charge in [-0.05, 0) is 24.6 Å². The van der Waals surface area contributed by atoms with Gasteiger partial charge >= 0.3 is 0 Å². The summed E-state index contributed by atoms with van der Waals surface area (Å²) in [6.45, 7) is 2.61. The van der Waals surface area contributed by atoms with Crippen molar-refractivity contribution in [2.24, 2.45) is 0 Å². The highest BCUT2D eigenvalue weighted by Crippen LogP contribution is 2.24. The van der Waals surface area contributed by atoms with Crippen LogP contribution in [0.4, 0.5) is 0 Å². The molecular weight excluding hydrogens is 234 g/mol. The maximum atomic E-state index is 10.3. The Kier molecular flexibility index (Phi) is 2.91. The van der Waals surface area contributed by atoms with E-state index in [1.54, 1.807) is 12.1 Å². The van der Waals surface area contributed by atoms with Crippen molar-refractivity contribution >= 4 is 23.6 Å². The van der Waals surface area contributed by atoms with Crippen molar-refractivity contribution in [3.8, 4) is 11.8 Å². The molecule has 0 aromatic carbocycles. The summed E-state index contributed by atoms with van der Waals surface area (Å²) in [4.78, 5) is 14.2. The summed E-state index contributed by atoms with van der Waals surface area (Å²) in [6, 6.07) is 3.26. The van der Waals surface area contributed by atoms with Gasteiger partial charge in [-0.3, -0.25) is 4.79 Å². The third-order valence-corrected chi connectivity index (χ3v) is 2.03. The van der Waals surface area contributed by atoms with Crippen molar-refractivity contribution < 1.29 is 14.3 Å². The van der Waals surface area contributed by atoms with Crippen LogP contribution in [0.15, 0.2) is 12.1 Å². The van der Waals surface area contributed by atoms with Gasteiger partial charge in [0.1, 0.15) is 5.52 Å². The Balaban J connectivity index is 2.60. The molecule has 0 saturated carbocycles. The maximum Gasteiger partial charge on any atom is 0.299 e. The molecule has 0 spiro atoms. The normalized spacial score (nSPS) is 10.4. The van der Waals surface area contributed by atoms with Crippen molar-refractivity contribution in [1.29, 1.82) is 0 Å². The van der Waals surface area contributed by atoms with Gasteiger partial charge in [0.25, 0.3) is 6.47 Å². The molecule has 84 valence electrons. The van der Waals surface area contributed by atoms with Gasteiger partial charge in [0.05, 0.1) is 6.61 Å². The monoisotopic (exact) mass is 241 g/mol. The lowest BCUT2D eigenvalue weighted by atomic mass is 10.5. The smallest absolute Gasteiger partial charge is 0.299 e. The molecule has 16 heavy (non-hydrogen) atoms. The van der Waals surface area contributed by atoms with E-state index in [-0.39, 0.29) is 11.2 Å². The fourth-order valence-corrected chi connectivity index (χ4v) is 1.45. The topological polar surface area (TPSA) is 65.7 Å². The van der Waals surface area contributed by atoms with E-state index in [4.69, 9.17) is 21.1 Å². The van der Waals surface area contributed by atoms with Gasteiger partial charge in [0, 0.05) is 6.07 Å². The van der Waals surface area contributed by atoms with E-state index >= 15 is 0 Å². The highest BCUT2D eigenvalue weighted by atomic mass is 35.5. The van der Waals surface area contributed by atoms with Crippen LogP contribution in [-0.4, -0.2) is 27.7 Å². The molecule has 6 nitrogen and oxygen atoms in total. The van der Waals surface area contributed by atoms with E-state index in [1.807, 2.05) is 6.92 Å². The van der Waals surface area contributed by atoms with Gasteiger partial charge in [-0.25, -0.2) is 0 Å². The molecule has 2 heterocycles. The highest BCUT2D eigenvalue weighted by Gasteiger charge is 2.12. The largest absolute Gasteiger partial charge is 0.476 e. The second-order valence-corrected chi connectivity index (χ2v) is 3.14. The second-order valence-electron chi connectivity index (χ2n) is 2.80. The van der Waals surface area contributed by atoms with E-state index < -0.39 is 0 Å². The molecule has 0 unspecified atom stereocenters. The molecule has 0 N–H and O–H groups in total. The van der Waals surface area contributed by atoms with Crippen molar-refractivity contribution in [2.75, 3.05) is 6.61 Å². The number of halogens is 1. The van der Waals surface area contributed by atoms with Crippen molar-refractivity contribution in [2.45, 2.75) is 6.92 Å². The van der Waals surface area contributed by atoms with Gasteiger partial charge < -0.3 is 9.47 Å². The fourth-order valence-electron chi connectivity index (χ4n) is 1.30. The second kappa shape index (κ2) is 4.36. The minimum atomic E-state index is 0.0166. The van der Waals surface area contributed by atoms with Crippen LogP contribution in [0.2, 0.25) is 5.28 Å². The molecule has 0 aliphatic rings. The zero-order chi connectivity index (χ0) is 11.5. The fraction of sp³-hybridized carbons (Fsp3) is 0.222. The lowest BCUT2D eigenvalue weighted by Gasteiger charge is -2.05. The van der Waals surface area contributed by atoms with E-state index in [2.05, 4.69) is 10.1 Å². The Labute approximate surface area is 95.7 Å². The lowest BCUT2D eigenvalue weighted by Crippen LogP contribution is -2.03. The summed E-state index contributed by atoms with van der Waals surface area (Å²) in [5.74, 6) is 0.610. The molecular formula is C9H8ClN3O3. The van der Waals surface area contributed by atoms with E-state index in [0.717, 1.165) is 0 Å². The molecule has 0 aliphatic heterocycles. The van der Waals surface area contributed by atoms with Crippen LogP contribution in [0.1, 0.15) is 6.92 Å². The average Bonchev–Trinajstić information content (AvgIpc) is 2.63. The van der Waals surface area contributed by atoms with Crippen LogP contribution in [0.5, 0.6) is 11.8 Å². The van der Waals surface area contributed by atoms with Crippen LogP contribution < -0.4 is 9.47 Å². The van der Waals surface area contributed by atoms with Crippen LogP contribution in [-0.2, 0) is 4.79 Å². The average molecular weight is 242 g/mol. The molecule has 0 aliphatic carbocycles. The predicted octanol–water partition coefficient (Wildman–Crippen LogP) is 1.32. The third kappa shape index (κ3) is 1.79. The highest BCUT2D eigenvalue weighted by molar-refractivity contribution is 6.28. The van der Waals surface area contributed by atoms with E-state index in [9.17, 15) is 4.79 Å². The van der Waals surface area contributed by atoms with Gasteiger partial charge in [-0.15, -0.1) is 5.10 Å². The van der Waals surface area contributed by atoms with E-state index in [0.29, 0.717) is 24.5 Å². The molecule has 0 fully saturated rings.